The second kappa shape index (κ2) is 12.4. The topological polar surface area (TPSA) is 188 Å². The highest BCUT2D eigenvalue weighted by molar-refractivity contribution is 7.89. The molecule has 2 aromatic heterocycles. The number of fused-ring (bicyclic) bond motifs is 1. The largest absolute Gasteiger partial charge is 0.493 e. The molecule has 1 saturated heterocycles. The molecule has 3 heterocycles. The van der Waals surface area contributed by atoms with E-state index in [1.807, 2.05) is 20.9 Å². The standard InChI is InChI=1S/C22H30N6O4S.C2H2O4/c1-5-7-17-19-20(27(4)25-17)22(29)24-21(23-19)16-14-15(8-9-18(16)32-6-2)33(30,31)28-12-10-26(3)11-13-28;3-1(4)2(5)6/h8-9,14H,5-7,10-13H2,1-4H3,(H,23,24,29);(H,3,4)(H,5,6). The highest BCUT2D eigenvalue weighted by atomic mass is 32.2. The summed E-state index contributed by atoms with van der Waals surface area (Å²) < 4.78 is 35.4. The number of aromatic nitrogens is 4. The Kier molecular flexibility index (Phi) is 9.42. The molecule has 1 fully saturated rings. The average molecular weight is 565 g/mol. The fraction of sp³-hybridized carbons (Fsp3) is 0.458. The van der Waals surface area contributed by atoms with Gasteiger partial charge in [0.05, 0.1) is 22.8 Å². The van der Waals surface area contributed by atoms with Crippen LogP contribution in [0.5, 0.6) is 5.75 Å². The Morgan fingerprint density at radius 3 is 2.28 bits per heavy atom. The van der Waals surface area contributed by atoms with Gasteiger partial charge in [-0.05, 0) is 38.6 Å². The Morgan fingerprint density at radius 2 is 1.72 bits per heavy atom. The van der Waals surface area contributed by atoms with Crippen LogP contribution in [0.3, 0.4) is 0 Å². The zero-order valence-electron chi connectivity index (χ0n) is 22.2. The van der Waals surface area contributed by atoms with Gasteiger partial charge in [0, 0.05) is 33.2 Å². The first kappa shape index (κ1) is 29.7. The molecule has 4 rings (SSSR count). The maximum Gasteiger partial charge on any atom is 0.414 e. The van der Waals surface area contributed by atoms with Crippen LogP contribution < -0.4 is 10.3 Å². The van der Waals surface area contributed by atoms with Crippen LogP contribution >= 0.6 is 0 Å². The van der Waals surface area contributed by atoms with Crippen molar-refractivity contribution >= 4 is 33.0 Å². The molecule has 0 spiro atoms. The summed E-state index contributed by atoms with van der Waals surface area (Å²) in [6.07, 6.45) is 1.54. The first-order chi connectivity index (χ1) is 18.4. The average Bonchev–Trinajstić information content (AvgIpc) is 3.20. The van der Waals surface area contributed by atoms with Crippen LogP contribution in [0.25, 0.3) is 22.4 Å². The van der Waals surface area contributed by atoms with Gasteiger partial charge in [-0.1, -0.05) is 13.3 Å². The van der Waals surface area contributed by atoms with E-state index in [0.717, 1.165) is 12.1 Å². The summed E-state index contributed by atoms with van der Waals surface area (Å²) in [4.78, 5) is 40.9. The van der Waals surface area contributed by atoms with Crippen LogP contribution in [0.1, 0.15) is 26.0 Å². The minimum atomic E-state index is -3.70. The van der Waals surface area contributed by atoms with E-state index in [2.05, 4.69) is 15.0 Å². The second-order valence-corrected chi connectivity index (χ2v) is 10.8. The van der Waals surface area contributed by atoms with Crippen LogP contribution in [0.2, 0.25) is 0 Å². The molecule has 0 unspecified atom stereocenters. The molecule has 1 aliphatic heterocycles. The van der Waals surface area contributed by atoms with Crippen LogP contribution in [-0.4, -0.2) is 99.4 Å². The Labute approximate surface area is 224 Å². The van der Waals surface area contributed by atoms with Gasteiger partial charge < -0.3 is 24.8 Å². The number of aryl methyl sites for hydroxylation is 2. The number of hydrogen-bond acceptors (Lipinski definition) is 9. The highest BCUT2D eigenvalue weighted by Crippen LogP contribution is 2.32. The molecule has 1 aliphatic rings. The van der Waals surface area contributed by atoms with E-state index in [4.69, 9.17) is 29.5 Å². The van der Waals surface area contributed by atoms with Gasteiger partial charge in [0.1, 0.15) is 17.1 Å². The van der Waals surface area contributed by atoms with Crippen LogP contribution in [-0.2, 0) is 33.1 Å². The number of carbonyl (C=O) groups is 2. The number of nitrogens with one attached hydrogen (secondary N) is 1. The van der Waals surface area contributed by atoms with Gasteiger partial charge in [0.15, 0.2) is 5.52 Å². The van der Waals surface area contributed by atoms with Crippen LogP contribution in [0, 0.1) is 0 Å². The van der Waals surface area contributed by atoms with E-state index >= 15 is 0 Å². The quantitative estimate of drug-likeness (QED) is 0.344. The Balaban J connectivity index is 0.000000631. The first-order valence-electron chi connectivity index (χ1n) is 12.3. The van der Waals surface area contributed by atoms with Gasteiger partial charge in [-0.25, -0.2) is 23.0 Å². The molecule has 0 aliphatic carbocycles. The summed E-state index contributed by atoms with van der Waals surface area (Å²) in [6, 6.07) is 4.71. The van der Waals surface area contributed by atoms with E-state index in [1.165, 1.54) is 8.99 Å². The molecule has 0 amide bonds. The van der Waals surface area contributed by atoms with Gasteiger partial charge in [0.25, 0.3) is 5.56 Å². The van der Waals surface area contributed by atoms with Gasteiger partial charge in [-0.15, -0.1) is 0 Å². The number of aromatic amines is 1. The Morgan fingerprint density at radius 1 is 1.08 bits per heavy atom. The van der Waals surface area contributed by atoms with Crippen molar-refractivity contribution in [2.24, 2.45) is 7.05 Å². The molecule has 0 bridgehead atoms. The number of nitrogens with zero attached hydrogens (tertiary/aromatic N) is 5. The molecule has 14 nitrogen and oxygen atoms in total. The van der Waals surface area contributed by atoms with Crippen molar-refractivity contribution in [2.75, 3.05) is 39.8 Å². The number of likely N-dealkylation sites (N-methyl/N-ethyl adjacent to an activating group) is 1. The van der Waals surface area contributed by atoms with Gasteiger partial charge >= 0.3 is 11.9 Å². The predicted octanol–water partition coefficient (Wildman–Crippen LogP) is 0.767. The minimum Gasteiger partial charge on any atom is -0.493 e. The summed E-state index contributed by atoms with van der Waals surface area (Å²) >= 11 is 0. The van der Waals surface area contributed by atoms with Gasteiger partial charge in [-0.2, -0.15) is 9.40 Å². The van der Waals surface area contributed by atoms with Gasteiger partial charge in [0.2, 0.25) is 10.0 Å². The highest BCUT2D eigenvalue weighted by Gasteiger charge is 2.29. The summed E-state index contributed by atoms with van der Waals surface area (Å²) in [6.45, 7) is 6.48. The number of benzene rings is 1. The number of aliphatic carboxylic acids is 2. The maximum absolute atomic E-state index is 13.3. The molecule has 0 atom stereocenters. The third-order valence-electron chi connectivity index (χ3n) is 6.04. The molecular formula is C24H32N6O8S. The number of H-pyrrole nitrogens is 1. The van der Waals surface area contributed by atoms with Crippen molar-refractivity contribution in [3.05, 3.63) is 34.2 Å². The summed E-state index contributed by atoms with van der Waals surface area (Å²) in [5.74, 6) is -2.93. The lowest BCUT2D eigenvalue weighted by molar-refractivity contribution is -0.159. The number of sulfonamides is 1. The maximum atomic E-state index is 13.3. The van der Waals surface area contributed by atoms with E-state index in [-0.39, 0.29) is 16.3 Å². The zero-order chi connectivity index (χ0) is 28.9. The van der Waals surface area contributed by atoms with Crippen LogP contribution in [0.15, 0.2) is 27.9 Å². The van der Waals surface area contributed by atoms with Crippen molar-refractivity contribution < 1.29 is 33.0 Å². The molecule has 212 valence electrons. The number of hydrogen-bond donors (Lipinski definition) is 3. The number of carboxylic acid groups (broad SMARTS) is 2. The van der Waals surface area contributed by atoms with Crippen molar-refractivity contribution in [1.29, 1.82) is 0 Å². The van der Waals surface area contributed by atoms with Crippen LogP contribution in [0.4, 0.5) is 0 Å². The lowest BCUT2D eigenvalue weighted by Crippen LogP contribution is -2.47. The molecule has 3 N–H and O–H groups in total. The summed E-state index contributed by atoms with van der Waals surface area (Å²) in [5, 5.41) is 19.2. The molecule has 0 saturated carbocycles. The van der Waals surface area contributed by atoms with E-state index in [1.54, 1.807) is 25.2 Å². The number of rotatable bonds is 7. The first-order valence-corrected chi connectivity index (χ1v) is 13.7. The summed E-state index contributed by atoms with van der Waals surface area (Å²) in [7, 11) is -0.00831. The number of piperazine rings is 1. The van der Waals surface area contributed by atoms with Crippen molar-refractivity contribution in [1.82, 2.24) is 29.0 Å². The molecule has 15 heteroatoms. The van der Waals surface area contributed by atoms with Crippen molar-refractivity contribution in [2.45, 2.75) is 31.6 Å². The normalized spacial score (nSPS) is 14.6. The van der Waals surface area contributed by atoms with Gasteiger partial charge in [-0.3, -0.25) is 9.48 Å². The third-order valence-corrected chi connectivity index (χ3v) is 7.93. The minimum absolute atomic E-state index is 0.147. The van der Waals surface area contributed by atoms with E-state index in [9.17, 15) is 13.2 Å². The van der Waals surface area contributed by atoms with Crippen molar-refractivity contribution in [3.63, 3.8) is 0 Å². The Bertz CT molecular complexity index is 1510. The molecule has 1 aromatic carbocycles. The number of ether oxygens (including phenoxy) is 1. The number of carboxylic acids is 2. The lowest BCUT2D eigenvalue weighted by atomic mass is 10.1. The predicted molar refractivity (Wildman–Crippen MR) is 141 cm³/mol. The fourth-order valence-electron chi connectivity index (χ4n) is 4.09. The SMILES string of the molecule is CCCc1nn(C)c2c(=O)[nH]c(-c3cc(S(=O)(=O)N4CCN(C)CC4)ccc3OCC)nc12.O=C(O)C(=O)O. The molecule has 3 aromatic rings. The molecule has 39 heavy (non-hydrogen) atoms. The second-order valence-electron chi connectivity index (χ2n) is 8.84. The zero-order valence-corrected chi connectivity index (χ0v) is 23.0. The fourth-order valence-corrected chi connectivity index (χ4v) is 5.54. The third kappa shape index (κ3) is 6.61. The molecule has 0 radical (unpaired) electrons. The van der Waals surface area contributed by atoms with E-state index in [0.29, 0.717) is 61.6 Å². The monoisotopic (exact) mass is 564 g/mol. The Hall–Kier alpha value is -3.82. The molecular weight excluding hydrogens is 532 g/mol. The lowest BCUT2D eigenvalue weighted by Gasteiger charge is -2.31. The van der Waals surface area contributed by atoms with E-state index < -0.39 is 22.0 Å². The van der Waals surface area contributed by atoms with Crippen molar-refractivity contribution in [3.8, 4) is 17.1 Å². The smallest absolute Gasteiger partial charge is 0.414 e. The summed E-state index contributed by atoms with van der Waals surface area (Å²) in [5.41, 5.74) is 1.75.